The largest absolute Gasteiger partial charge is 0.360 e. The number of benzene rings is 1. The smallest absolute Gasteiger partial charge is 0.139 e. The van der Waals surface area contributed by atoms with Gasteiger partial charge in [0.1, 0.15) is 15.4 Å². The molecule has 0 bridgehead atoms. The first-order valence-corrected chi connectivity index (χ1v) is 8.55. The summed E-state index contributed by atoms with van der Waals surface area (Å²) >= 11 is 1.81. The highest BCUT2D eigenvalue weighted by molar-refractivity contribution is 7.59. The second-order valence-corrected chi connectivity index (χ2v) is 7.18. The number of fused-ring (bicyclic) bond motifs is 1. The van der Waals surface area contributed by atoms with E-state index in [-0.39, 0.29) is 59.9 Å². The van der Waals surface area contributed by atoms with Crippen molar-refractivity contribution in [3.8, 4) is 0 Å². The minimum Gasteiger partial charge on any atom is -0.360 e. The van der Waals surface area contributed by atoms with Crippen molar-refractivity contribution in [2.24, 2.45) is 0 Å². The van der Waals surface area contributed by atoms with Crippen molar-refractivity contribution >= 4 is 90.2 Å². The maximum Gasteiger partial charge on any atom is 0.139 e. The summed E-state index contributed by atoms with van der Waals surface area (Å²) in [6.07, 6.45) is 2.21. The normalized spacial score (nSPS) is 10.0. The number of methoxy groups -OCH3 is 2. The van der Waals surface area contributed by atoms with Gasteiger partial charge in [0.25, 0.3) is 0 Å². The molecule has 1 aromatic heterocycles. The zero-order chi connectivity index (χ0) is 13.0. The number of para-hydroxylation sites is 1. The molecule has 130 valence electrons. The fourth-order valence-electron chi connectivity index (χ4n) is 1.98. The molecule has 22 heavy (non-hydrogen) atoms. The van der Waals surface area contributed by atoms with Gasteiger partial charge in [0.2, 0.25) is 0 Å². The first kappa shape index (κ1) is 27.5. The summed E-state index contributed by atoms with van der Waals surface area (Å²) < 4.78 is 11.9. The van der Waals surface area contributed by atoms with Gasteiger partial charge in [0.15, 0.2) is 0 Å². The Bertz CT molecular complexity index is 522. The Hall–Kier alpha value is 0.647. The van der Waals surface area contributed by atoms with Gasteiger partial charge < -0.3 is 9.47 Å². The lowest BCUT2D eigenvalue weighted by Gasteiger charge is -2.12. The molecule has 0 atom stereocenters. The van der Waals surface area contributed by atoms with Gasteiger partial charge >= 0.3 is 0 Å². The Morgan fingerprint density at radius 3 is 2.32 bits per heavy atom. The van der Waals surface area contributed by atoms with E-state index >= 15 is 0 Å². The molecule has 9 heteroatoms. The van der Waals surface area contributed by atoms with Gasteiger partial charge in [-0.1, -0.05) is 19.1 Å². The molecule has 0 saturated heterocycles. The van der Waals surface area contributed by atoms with E-state index in [0.29, 0.717) is 0 Å². The van der Waals surface area contributed by atoms with Crippen LogP contribution in [0.15, 0.2) is 18.2 Å². The predicted octanol–water partition coefficient (Wildman–Crippen LogP) is 2.07. The number of ether oxygens (including phenoxy) is 2. The third kappa shape index (κ3) is 7.04. The Morgan fingerprint density at radius 2 is 1.77 bits per heavy atom. The third-order valence-corrected chi connectivity index (χ3v) is 6.01. The van der Waals surface area contributed by atoms with Crippen molar-refractivity contribution in [2.75, 3.05) is 14.2 Å². The molecular weight excluding hydrogens is 391 g/mol. The van der Waals surface area contributed by atoms with E-state index in [2.05, 4.69) is 25.1 Å². The second kappa shape index (κ2) is 14.0. The summed E-state index contributed by atoms with van der Waals surface area (Å²) in [6, 6.07) is 6.43. The maximum atomic E-state index is 5.32. The van der Waals surface area contributed by atoms with Gasteiger partial charge in [-0.05, 0) is 24.1 Å². The molecule has 0 radical (unpaired) electrons. The summed E-state index contributed by atoms with van der Waals surface area (Å²) in [5.74, 6) is -0.0630. The van der Waals surface area contributed by atoms with E-state index in [1.54, 1.807) is 14.2 Å². The molecule has 0 unspecified atom stereocenters. The van der Waals surface area contributed by atoms with Gasteiger partial charge in [0, 0.05) is 14.2 Å². The SMILES string of the molecule is CCCc1nc2c([SiH2]C(OC)OC)cccc2s1.S.S.S.S. The van der Waals surface area contributed by atoms with Crippen LogP contribution in [-0.4, -0.2) is 34.6 Å². The van der Waals surface area contributed by atoms with Crippen LogP contribution >= 0.6 is 65.3 Å². The van der Waals surface area contributed by atoms with Crippen molar-refractivity contribution in [3.05, 3.63) is 23.2 Å². The average molecular weight is 418 g/mol. The van der Waals surface area contributed by atoms with Crippen molar-refractivity contribution in [3.63, 3.8) is 0 Å². The molecule has 0 spiro atoms. The average Bonchev–Trinajstić information content (AvgIpc) is 2.79. The fraction of sp³-hybridized carbons (Fsp3) is 0.462. The summed E-state index contributed by atoms with van der Waals surface area (Å²) in [6.45, 7) is 2.19. The number of rotatable bonds is 6. The van der Waals surface area contributed by atoms with Gasteiger partial charge in [-0.25, -0.2) is 4.98 Å². The van der Waals surface area contributed by atoms with Crippen LogP contribution in [0.2, 0.25) is 0 Å². The number of nitrogens with zero attached hydrogens (tertiary/aromatic N) is 1. The molecule has 0 aliphatic heterocycles. The van der Waals surface area contributed by atoms with E-state index in [9.17, 15) is 0 Å². The minimum atomic E-state index is -0.620. The lowest BCUT2D eigenvalue weighted by atomic mass is 10.3. The third-order valence-electron chi connectivity index (χ3n) is 2.92. The monoisotopic (exact) mass is 417 g/mol. The van der Waals surface area contributed by atoms with Crippen LogP contribution < -0.4 is 5.19 Å². The van der Waals surface area contributed by atoms with Gasteiger partial charge in [-0.3, -0.25) is 0 Å². The number of hydrogen-bond acceptors (Lipinski definition) is 4. The zero-order valence-electron chi connectivity index (χ0n) is 13.1. The van der Waals surface area contributed by atoms with E-state index in [0.717, 1.165) is 18.4 Å². The lowest BCUT2D eigenvalue weighted by molar-refractivity contribution is -0.0429. The first-order valence-electron chi connectivity index (χ1n) is 6.21. The molecule has 0 N–H and O–H groups in total. The Kier molecular flexibility index (Phi) is 17.5. The van der Waals surface area contributed by atoms with Crippen molar-refractivity contribution in [2.45, 2.75) is 25.7 Å². The Balaban J connectivity index is -0.000000902. The molecule has 0 aliphatic rings. The number of thiazole rings is 1. The van der Waals surface area contributed by atoms with Gasteiger partial charge in [0.05, 0.1) is 15.2 Å². The highest BCUT2D eigenvalue weighted by Crippen LogP contribution is 2.21. The molecule has 0 fully saturated rings. The molecule has 1 heterocycles. The van der Waals surface area contributed by atoms with Crippen molar-refractivity contribution in [1.29, 1.82) is 0 Å². The van der Waals surface area contributed by atoms with Crippen LogP contribution in [0.1, 0.15) is 18.4 Å². The molecule has 2 aromatic rings. The first-order chi connectivity index (χ1) is 8.78. The second-order valence-electron chi connectivity index (χ2n) is 4.23. The van der Waals surface area contributed by atoms with Crippen molar-refractivity contribution in [1.82, 2.24) is 4.98 Å². The highest BCUT2D eigenvalue weighted by Gasteiger charge is 2.13. The Labute approximate surface area is 167 Å². The van der Waals surface area contributed by atoms with Crippen LogP contribution in [0.3, 0.4) is 0 Å². The molecule has 0 saturated carbocycles. The van der Waals surface area contributed by atoms with Gasteiger partial charge in [-0.2, -0.15) is 54.0 Å². The summed E-state index contributed by atoms with van der Waals surface area (Å²) in [4.78, 5) is 4.77. The number of aryl methyl sites for hydroxylation is 1. The minimum absolute atomic E-state index is 0. The van der Waals surface area contributed by atoms with Gasteiger partial charge in [-0.15, -0.1) is 11.3 Å². The zero-order valence-corrected chi connectivity index (χ0v) is 19.3. The fourth-order valence-corrected chi connectivity index (χ4v) is 4.65. The van der Waals surface area contributed by atoms with Crippen molar-refractivity contribution < 1.29 is 9.47 Å². The van der Waals surface area contributed by atoms with E-state index < -0.39 is 9.52 Å². The van der Waals surface area contributed by atoms with E-state index in [1.165, 1.54) is 14.9 Å². The lowest BCUT2D eigenvalue weighted by Crippen LogP contribution is -2.31. The number of hydrogen-bond donors (Lipinski definition) is 0. The molecular formula is C13H27NO2S5Si. The van der Waals surface area contributed by atoms with E-state index in [1.807, 2.05) is 11.3 Å². The maximum absolute atomic E-state index is 5.32. The molecule has 3 nitrogen and oxygen atoms in total. The quantitative estimate of drug-likeness (QED) is 0.533. The molecule has 2 rings (SSSR count). The van der Waals surface area contributed by atoms with Crippen LogP contribution in [0.5, 0.6) is 0 Å². The predicted molar refractivity (Wildman–Crippen MR) is 121 cm³/mol. The van der Waals surface area contributed by atoms with Crippen LogP contribution in [0.4, 0.5) is 0 Å². The summed E-state index contributed by atoms with van der Waals surface area (Å²) in [5, 5.41) is 2.57. The Morgan fingerprint density at radius 1 is 1.14 bits per heavy atom. The molecule has 0 amide bonds. The van der Waals surface area contributed by atoms with Crippen LogP contribution in [-0.2, 0) is 15.9 Å². The standard InChI is InChI=1S/C13H19NO2SSi.4H2S/c1-4-6-11-14-12-9(17-11)7-5-8-10(12)18-13(15-2)16-3;;;;/h5,7-8,13H,4,6,18H2,1-3H3;4*1H2. The summed E-state index contributed by atoms with van der Waals surface area (Å²) in [5.41, 5.74) is 1.16. The molecule has 1 aromatic carbocycles. The van der Waals surface area contributed by atoms with Crippen LogP contribution in [0, 0.1) is 0 Å². The molecule has 0 aliphatic carbocycles. The van der Waals surface area contributed by atoms with E-state index in [4.69, 9.17) is 14.5 Å². The number of aromatic nitrogens is 1. The highest BCUT2D eigenvalue weighted by atomic mass is 32.1. The van der Waals surface area contributed by atoms with Crippen LogP contribution in [0.25, 0.3) is 10.2 Å². The topological polar surface area (TPSA) is 31.4 Å². The summed E-state index contributed by atoms with van der Waals surface area (Å²) in [7, 11) is 2.78.